The average molecular weight is 146 g/mol. The molecule has 4 nitrogen and oxygen atoms in total. The fourth-order valence-corrected chi connectivity index (χ4v) is 0.479. The molecule has 4 heteroatoms. The number of hydrogen-bond donors (Lipinski definition) is 0. The van der Waals surface area contributed by atoms with Gasteiger partial charge in [-0.05, 0) is 6.42 Å². The maximum atomic E-state index is 9.77. The van der Waals surface area contributed by atoms with Gasteiger partial charge in [-0.15, -0.1) is 0 Å². The molecule has 0 aromatic carbocycles. The Morgan fingerprint density at radius 2 is 2.10 bits per heavy atom. The Morgan fingerprint density at radius 3 is 2.50 bits per heavy atom. The molecule has 10 heavy (non-hydrogen) atoms. The van der Waals surface area contributed by atoms with Crippen LogP contribution in [-0.4, -0.2) is 25.7 Å². The lowest BCUT2D eigenvalue weighted by Crippen LogP contribution is -2.17. The molecule has 0 rings (SSSR count). The van der Waals surface area contributed by atoms with Gasteiger partial charge in [0.05, 0.1) is 0 Å². The van der Waals surface area contributed by atoms with E-state index >= 15 is 0 Å². The van der Waals surface area contributed by atoms with Gasteiger partial charge in [0.25, 0.3) is 12.9 Å². The fraction of sp³-hybridized carbons (Fsp3) is 0.667. The van der Waals surface area contributed by atoms with Crippen LogP contribution in [0.4, 0.5) is 0 Å². The third-order valence-electron chi connectivity index (χ3n) is 1.05. The van der Waals surface area contributed by atoms with Crippen LogP contribution in [0, 0.1) is 0 Å². The molecule has 0 heterocycles. The van der Waals surface area contributed by atoms with E-state index in [0.717, 1.165) is 0 Å². The minimum Gasteiger partial charge on any atom is -0.464 e. The Morgan fingerprint density at radius 1 is 1.40 bits per heavy atom. The highest BCUT2D eigenvalue weighted by Gasteiger charge is 2.04. The Hall–Kier alpha value is -1.06. The second-order valence-corrected chi connectivity index (χ2v) is 1.69. The van der Waals surface area contributed by atoms with E-state index in [1.54, 1.807) is 0 Å². The fourth-order valence-electron chi connectivity index (χ4n) is 0.479. The second-order valence-electron chi connectivity index (χ2n) is 1.69. The van der Waals surface area contributed by atoms with Crippen molar-refractivity contribution in [1.82, 2.24) is 0 Å². The molecule has 0 amide bonds. The largest absolute Gasteiger partial charge is 0.464 e. The number of ether oxygens (including phenoxy) is 2. The van der Waals surface area contributed by atoms with Crippen molar-refractivity contribution in [2.75, 3.05) is 6.61 Å². The van der Waals surface area contributed by atoms with Crippen LogP contribution in [0.25, 0.3) is 0 Å². The minimum atomic E-state index is -0.303. The monoisotopic (exact) mass is 146 g/mol. The van der Waals surface area contributed by atoms with Crippen molar-refractivity contribution in [2.24, 2.45) is 0 Å². The molecule has 0 saturated carbocycles. The topological polar surface area (TPSA) is 52.6 Å². The summed E-state index contributed by atoms with van der Waals surface area (Å²) >= 11 is 0. The van der Waals surface area contributed by atoms with Crippen molar-refractivity contribution >= 4 is 12.9 Å². The third kappa shape index (κ3) is 3.88. The summed E-state index contributed by atoms with van der Waals surface area (Å²) in [6.07, 6.45) is 0.342. The van der Waals surface area contributed by atoms with Crippen LogP contribution in [0.15, 0.2) is 0 Å². The normalized spacial score (nSPS) is 11.7. The molecule has 0 aromatic heterocycles. The molecule has 1 unspecified atom stereocenters. The average Bonchev–Trinajstić information content (AvgIpc) is 1.98. The van der Waals surface area contributed by atoms with Crippen LogP contribution >= 0.6 is 0 Å². The third-order valence-corrected chi connectivity index (χ3v) is 1.05. The summed E-state index contributed by atoms with van der Waals surface area (Å²) in [6, 6.07) is 0. The molecule has 0 aliphatic carbocycles. The van der Waals surface area contributed by atoms with Gasteiger partial charge >= 0.3 is 0 Å². The smallest absolute Gasteiger partial charge is 0.293 e. The van der Waals surface area contributed by atoms with E-state index in [0.29, 0.717) is 19.4 Å². The maximum absolute atomic E-state index is 9.77. The number of hydrogen-bond acceptors (Lipinski definition) is 4. The first-order valence-electron chi connectivity index (χ1n) is 2.99. The van der Waals surface area contributed by atoms with E-state index < -0.39 is 0 Å². The van der Waals surface area contributed by atoms with E-state index in [1.165, 1.54) is 0 Å². The highest BCUT2D eigenvalue weighted by atomic mass is 16.6. The minimum absolute atomic E-state index is 0.138. The summed E-state index contributed by atoms with van der Waals surface area (Å²) in [5.41, 5.74) is 0. The Labute approximate surface area is 59.1 Å². The second kappa shape index (κ2) is 6.07. The highest BCUT2D eigenvalue weighted by molar-refractivity contribution is 5.38. The first-order chi connectivity index (χ1) is 4.85. The molecular formula is C6H10O4. The lowest BCUT2D eigenvalue weighted by atomic mass is 10.3. The van der Waals surface area contributed by atoms with Crippen molar-refractivity contribution in [2.45, 2.75) is 19.4 Å². The van der Waals surface area contributed by atoms with Gasteiger partial charge in [-0.1, -0.05) is 6.92 Å². The SMILES string of the molecule is CCC(COC=O)OC=O. The Bertz CT molecular complexity index is 102. The molecule has 0 aromatic rings. The van der Waals surface area contributed by atoms with Gasteiger partial charge < -0.3 is 9.47 Å². The number of carbonyl (C=O) groups excluding carboxylic acids is 2. The van der Waals surface area contributed by atoms with Crippen LogP contribution < -0.4 is 0 Å². The number of rotatable bonds is 6. The lowest BCUT2D eigenvalue weighted by molar-refractivity contribution is -0.142. The first kappa shape index (κ1) is 8.94. The van der Waals surface area contributed by atoms with Gasteiger partial charge in [0, 0.05) is 0 Å². The van der Waals surface area contributed by atoms with Gasteiger partial charge in [-0.3, -0.25) is 9.59 Å². The van der Waals surface area contributed by atoms with Gasteiger partial charge in [0.1, 0.15) is 12.7 Å². The predicted molar refractivity (Wildman–Crippen MR) is 33.2 cm³/mol. The quantitative estimate of drug-likeness (QED) is 0.499. The molecule has 0 aliphatic rings. The van der Waals surface area contributed by atoms with Gasteiger partial charge in [0.15, 0.2) is 0 Å². The molecule has 0 saturated heterocycles. The maximum Gasteiger partial charge on any atom is 0.293 e. The Balaban J connectivity index is 3.38. The standard InChI is InChI=1S/C6H10O4/c1-2-6(10-5-8)3-9-4-7/h4-6H,2-3H2,1H3. The lowest BCUT2D eigenvalue weighted by Gasteiger charge is -2.09. The summed E-state index contributed by atoms with van der Waals surface area (Å²) in [6.45, 7) is 2.65. The molecule has 0 spiro atoms. The zero-order valence-electron chi connectivity index (χ0n) is 5.78. The van der Waals surface area contributed by atoms with Gasteiger partial charge in [0.2, 0.25) is 0 Å². The summed E-state index contributed by atoms with van der Waals surface area (Å²) in [5.74, 6) is 0. The van der Waals surface area contributed by atoms with Crippen molar-refractivity contribution in [3.63, 3.8) is 0 Å². The molecule has 0 aliphatic heterocycles. The van der Waals surface area contributed by atoms with Crippen LogP contribution in [0.5, 0.6) is 0 Å². The highest BCUT2D eigenvalue weighted by Crippen LogP contribution is 1.95. The van der Waals surface area contributed by atoms with Crippen LogP contribution in [-0.2, 0) is 19.1 Å². The van der Waals surface area contributed by atoms with Crippen LogP contribution in [0.2, 0.25) is 0 Å². The zero-order valence-corrected chi connectivity index (χ0v) is 5.78. The van der Waals surface area contributed by atoms with Crippen molar-refractivity contribution in [3.05, 3.63) is 0 Å². The molecule has 0 N–H and O–H groups in total. The summed E-state index contributed by atoms with van der Waals surface area (Å²) in [4.78, 5) is 19.4. The molecule has 0 bridgehead atoms. The predicted octanol–water partition coefficient (Wildman–Crippen LogP) is 0.111. The molecule has 0 fully saturated rings. The van der Waals surface area contributed by atoms with Crippen LogP contribution in [0.3, 0.4) is 0 Å². The summed E-state index contributed by atoms with van der Waals surface area (Å²) < 4.78 is 8.90. The molecule has 1 atom stereocenters. The summed E-state index contributed by atoms with van der Waals surface area (Å²) in [7, 11) is 0. The van der Waals surface area contributed by atoms with Crippen LogP contribution in [0.1, 0.15) is 13.3 Å². The van der Waals surface area contributed by atoms with Crippen molar-refractivity contribution < 1.29 is 19.1 Å². The van der Waals surface area contributed by atoms with E-state index in [9.17, 15) is 9.59 Å². The van der Waals surface area contributed by atoms with Crippen molar-refractivity contribution in [1.29, 1.82) is 0 Å². The number of carbonyl (C=O) groups is 2. The van der Waals surface area contributed by atoms with Crippen molar-refractivity contribution in [3.8, 4) is 0 Å². The van der Waals surface area contributed by atoms with Gasteiger partial charge in [-0.25, -0.2) is 0 Å². The summed E-state index contributed by atoms with van der Waals surface area (Å²) in [5, 5.41) is 0. The van der Waals surface area contributed by atoms with Gasteiger partial charge in [-0.2, -0.15) is 0 Å². The first-order valence-corrected chi connectivity index (χ1v) is 2.99. The van der Waals surface area contributed by atoms with E-state index in [2.05, 4.69) is 9.47 Å². The Kier molecular flexibility index (Phi) is 5.42. The van der Waals surface area contributed by atoms with E-state index in [4.69, 9.17) is 0 Å². The van der Waals surface area contributed by atoms with E-state index in [-0.39, 0.29) is 12.7 Å². The molecule has 0 radical (unpaired) electrons. The van der Waals surface area contributed by atoms with E-state index in [1.807, 2.05) is 6.92 Å². The molecule has 58 valence electrons. The zero-order chi connectivity index (χ0) is 7.82. The molecular weight excluding hydrogens is 136 g/mol.